The number of fused-ring (bicyclic) bond motifs is 2. The predicted molar refractivity (Wildman–Crippen MR) is 163 cm³/mol. The van der Waals surface area contributed by atoms with Crippen LogP contribution in [0.1, 0.15) is 15.9 Å². The van der Waals surface area contributed by atoms with Gasteiger partial charge in [0.05, 0.1) is 26.6 Å². The summed E-state index contributed by atoms with van der Waals surface area (Å²) in [6.45, 7) is 0.0507. The van der Waals surface area contributed by atoms with Crippen LogP contribution in [-0.2, 0) is 4.79 Å². The number of non-ortho nitro benzene ring substituents is 1. The molecule has 1 aliphatic heterocycles. The Morgan fingerprint density at radius 2 is 1.64 bits per heavy atom. The first kappa shape index (κ1) is 26.9. The van der Waals surface area contributed by atoms with Crippen molar-refractivity contribution in [3.63, 3.8) is 0 Å². The average Bonchev–Trinajstić information content (AvgIpc) is 3.27. The fourth-order valence-electron chi connectivity index (χ4n) is 4.86. The van der Waals surface area contributed by atoms with E-state index in [1.807, 2.05) is 66.7 Å². The highest BCUT2D eigenvalue weighted by atomic mass is 32.2. The number of carbonyl (C=O) groups is 3. The van der Waals surface area contributed by atoms with Crippen molar-refractivity contribution in [1.29, 1.82) is 0 Å². The zero-order valence-corrected chi connectivity index (χ0v) is 22.8. The molecule has 0 radical (unpaired) electrons. The van der Waals surface area contributed by atoms with Crippen LogP contribution in [0.2, 0.25) is 0 Å². The molecule has 1 N–H and O–H groups in total. The van der Waals surface area contributed by atoms with E-state index in [-0.39, 0.29) is 29.6 Å². The molecule has 0 bridgehead atoms. The van der Waals surface area contributed by atoms with Crippen LogP contribution in [0.5, 0.6) is 0 Å². The maximum atomic E-state index is 13.4. The molecule has 9 nitrogen and oxygen atoms in total. The van der Waals surface area contributed by atoms with Gasteiger partial charge in [0.2, 0.25) is 0 Å². The number of nitro groups is 1. The number of aromatic nitrogens is 1. The minimum atomic E-state index is -0.509. The van der Waals surface area contributed by atoms with E-state index >= 15 is 0 Å². The number of carbonyl (C=O) groups excluding carboxylic acids is 3. The lowest BCUT2D eigenvalue weighted by Gasteiger charge is -2.14. The van der Waals surface area contributed by atoms with Crippen LogP contribution in [-0.4, -0.2) is 45.0 Å². The Bertz CT molecular complexity index is 1930. The molecule has 1 fully saturated rings. The summed E-state index contributed by atoms with van der Waals surface area (Å²) in [6, 6.07) is 28.8. The Morgan fingerprint density at radius 3 is 2.43 bits per heavy atom. The van der Waals surface area contributed by atoms with E-state index < -0.39 is 16.1 Å². The summed E-state index contributed by atoms with van der Waals surface area (Å²) >= 11 is 0.788. The molecule has 5 aromatic rings. The van der Waals surface area contributed by atoms with Gasteiger partial charge in [-0.15, -0.1) is 0 Å². The number of imide groups is 1. The summed E-state index contributed by atoms with van der Waals surface area (Å²) in [5, 5.41) is 16.1. The monoisotopic (exact) mass is 574 g/mol. The molecular formula is C32H22N4O5S. The number of para-hydroxylation sites is 1. The lowest BCUT2D eigenvalue weighted by molar-refractivity contribution is -0.384. The van der Waals surface area contributed by atoms with Crippen LogP contribution < -0.4 is 5.32 Å². The summed E-state index contributed by atoms with van der Waals surface area (Å²) in [7, 11) is 0. The van der Waals surface area contributed by atoms with E-state index in [4.69, 9.17) is 4.98 Å². The first-order valence-corrected chi connectivity index (χ1v) is 13.9. The van der Waals surface area contributed by atoms with Gasteiger partial charge in [0.15, 0.2) is 0 Å². The predicted octanol–water partition coefficient (Wildman–Crippen LogP) is 6.43. The van der Waals surface area contributed by atoms with Crippen LogP contribution in [0.4, 0.5) is 10.5 Å². The molecule has 1 aromatic heterocycles. The van der Waals surface area contributed by atoms with E-state index in [0.29, 0.717) is 27.7 Å². The number of thioether (sulfide) groups is 1. The van der Waals surface area contributed by atoms with Gasteiger partial charge in [0.25, 0.3) is 22.7 Å². The van der Waals surface area contributed by atoms with Crippen LogP contribution in [0.15, 0.2) is 102 Å². The second-order valence-electron chi connectivity index (χ2n) is 9.54. The first-order valence-electron chi connectivity index (χ1n) is 13.0. The number of pyridine rings is 1. The third-order valence-electron chi connectivity index (χ3n) is 6.92. The Morgan fingerprint density at radius 1 is 0.929 bits per heavy atom. The summed E-state index contributed by atoms with van der Waals surface area (Å²) in [5.41, 5.74) is 3.18. The molecule has 0 aliphatic carbocycles. The zero-order valence-electron chi connectivity index (χ0n) is 22.0. The molecule has 42 heavy (non-hydrogen) atoms. The highest BCUT2D eigenvalue weighted by molar-refractivity contribution is 8.18. The van der Waals surface area contributed by atoms with Crippen molar-refractivity contribution in [3.05, 3.63) is 123 Å². The number of rotatable bonds is 7. The molecule has 206 valence electrons. The molecule has 3 amide bonds. The van der Waals surface area contributed by atoms with Gasteiger partial charge in [-0.1, -0.05) is 60.7 Å². The second kappa shape index (κ2) is 11.3. The van der Waals surface area contributed by atoms with Crippen LogP contribution >= 0.6 is 11.8 Å². The highest BCUT2D eigenvalue weighted by Crippen LogP contribution is 2.33. The van der Waals surface area contributed by atoms with Crippen molar-refractivity contribution in [3.8, 4) is 11.3 Å². The lowest BCUT2D eigenvalue weighted by Crippen LogP contribution is -2.37. The third-order valence-corrected chi connectivity index (χ3v) is 7.83. The van der Waals surface area contributed by atoms with Gasteiger partial charge in [-0.2, -0.15) is 0 Å². The minimum Gasteiger partial charge on any atom is -0.350 e. The number of amides is 3. The third kappa shape index (κ3) is 5.23. The molecule has 2 heterocycles. The molecule has 0 spiro atoms. The molecule has 6 rings (SSSR count). The topological polar surface area (TPSA) is 123 Å². The fourth-order valence-corrected chi connectivity index (χ4v) is 5.73. The van der Waals surface area contributed by atoms with Gasteiger partial charge >= 0.3 is 0 Å². The molecule has 0 unspecified atom stereocenters. The maximum absolute atomic E-state index is 13.4. The molecule has 0 atom stereocenters. The van der Waals surface area contributed by atoms with Gasteiger partial charge in [-0.3, -0.25) is 29.4 Å². The Kier molecular flexibility index (Phi) is 7.20. The molecule has 1 saturated heterocycles. The van der Waals surface area contributed by atoms with Crippen molar-refractivity contribution < 1.29 is 19.3 Å². The smallest absolute Gasteiger partial charge is 0.293 e. The quantitative estimate of drug-likeness (QED) is 0.135. The minimum absolute atomic E-state index is 0.00674. The number of benzene rings is 4. The second-order valence-corrected chi connectivity index (χ2v) is 10.5. The lowest BCUT2D eigenvalue weighted by atomic mass is 9.99. The van der Waals surface area contributed by atoms with E-state index in [2.05, 4.69) is 5.32 Å². The number of hydrogen-bond acceptors (Lipinski definition) is 7. The van der Waals surface area contributed by atoms with E-state index in [9.17, 15) is 24.5 Å². The molecule has 1 aliphatic rings. The number of nitrogens with one attached hydrogen (secondary N) is 1. The SMILES string of the molecule is O=C(NCCN1C(=O)S/C(=C\c2ccc([N+](=O)[O-])cc2)C1=O)c1cc(-c2cccc3ccccc23)nc2ccccc12. The Hall–Kier alpha value is -5.35. The van der Waals surface area contributed by atoms with E-state index in [1.54, 1.807) is 6.07 Å². The van der Waals surface area contributed by atoms with Crippen LogP contribution in [0.25, 0.3) is 39.0 Å². The van der Waals surface area contributed by atoms with Gasteiger partial charge in [-0.25, -0.2) is 4.98 Å². The highest BCUT2D eigenvalue weighted by Gasteiger charge is 2.34. The summed E-state index contributed by atoms with van der Waals surface area (Å²) < 4.78 is 0. The largest absolute Gasteiger partial charge is 0.350 e. The van der Waals surface area contributed by atoms with Crippen LogP contribution in [0.3, 0.4) is 0 Å². The molecule has 10 heteroatoms. The van der Waals surface area contributed by atoms with Gasteiger partial charge in [-0.05, 0) is 58.4 Å². The van der Waals surface area contributed by atoms with E-state index in [1.165, 1.54) is 30.3 Å². The normalized spacial score (nSPS) is 14.2. The zero-order chi connectivity index (χ0) is 29.2. The molecule has 0 saturated carbocycles. The number of nitro benzene ring substituents is 1. The fraction of sp³-hybridized carbons (Fsp3) is 0.0625. The molecule has 4 aromatic carbocycles. The average molecular weight is 575 g/mol. The Labute approximate surface area is 244 Å². The standard InChI is InChI=1S/C32H22N4O5S/c37-30(33-16-17-35-31(38)29(42-32(35)39)18-20-12-14-22(15-13-20)36(40)41)26-19-28(34-27-11-4-3-9-25(26)27)24-10-5-7-21-6-1-2-8-23(21)24/h1-15,18-19H,16-17H2,(H,33,37)/b29-18-. The van der Waals surface area contributed by atoms with Crippen LogP contribution in [0, 0.1) is 10.1 Å². The van der Waals surface area contributed by atoms with Gasteiger partial charge in [0.1, 0.15) is 0 Å². The van der Waals surface area contributed by atoms with Crippen molar-refractivity contribution in [2.24, 2.45) is 0 Å². The summed E-state index contributed by atoms with van der Waals surface area (Å²) in [4.78, 5) is 55.4. The maximum Gasteiger partial charge on any atom is 0.293 e. The van der Waals surface area contributed by atoms with E-state index in [0.717, 1.165) is 33.0 Å². The van der Waals surface area contributed by atoms with Gasteiger partial charge in [0, 0.05) is 36.2 Å². The van der Waals surface area contributed by atoms with Gasteiger partial charge < -0.3 is 5.32 Å². The van der Waals surface area contributed by atoms with Crippen molar-refractivity contribution in [1.82, 2.24) is 15.2 Å². The van der Waals surface area contributed by atoms with Crippen molar-refractivity contribution in [2.45, 2.75) is 0 Å². The first-order chi connectivity index (χ1) is 20.4. The molecular weight excluding hydrogens is 552 g/mol. The summed E-state index contributed by atoms with van der Waals surface area (Å²) in [5.74, 6) is -0.825. The van der Waals surface area contributed by atoms with Crippen molar-refractivity contribution >= 4 is 62.3 Å². The Balaban J connectivity index is 1.20. The number of hydrogen-bond donors (Lipinski definition) is 1. The summed E-state index contributed by atoms with van der Waals surface area (Å²) in [6.07, 6.45) is 1.52. The number of nitrogens with zero attached hydrogens (tertiary/aromatic N) is 3. The van der Waals surface area contributed by atoms with Crippen molar-refractivity contribution in [2.75, 3.05) is 13.1 Å².